The average molecular weight is 384 g/mol. The molecular formula is C16H12BrClO4. The molecule has 0 saturated heterocycles. The van der Waals surface area contributed by atoms with E-state index in [1.807, 2.05) is 0 Å². The maximum Gasteiger partial charge on any atom is 0.338 e. The molecule has 0 unspecified atom stereocenters. The lowest BCUT2D eigenvalue weighted by molar-refractivity contribution is 0.0474. The number of rotatable bonds is 5. The Bertz CT molecular complexity index is 698. The summed E-state index contributed by atoms with van der Waals surface area (Å²) in [5.41, 5.74) is 0.768. The lowest BCUT2D eigenvalue weighted by Crippen LogP contribution is -2.14. The lowest BCUT2D eigenvalue weighted by Gasteiger charge is -2.07. The molecule has 0 radical (unpaired) electrons. The zero-order valence-electron chi connectivity index (χ0n) is 11.6. The highest BCUT2D eigenvalue weighted by Crippen LogP contribution is 2.25. The molecule has 2 aromatic rings. The molecule has 22 heavy (non-hydrogen) atoms. The van der Waals surface area contributed by atoms with E-state index in [-0.39, 0.29) is 12.4 Å². The Morgan fingerprint density at radius 1 is 1.09 bits per heavy atom. The number of methoxy groups -OCH3 is 1. The molecule has 0 fully saturated rings. The predicted molar refractivity (Wildman–Crippen MR) is 86.8 cm³/mol. The summed E-state index contributed by atoms with van der Waals surface area (Å²) >= 11 is 9.04. The minimum absolute atomic E-state index is 0.300. The second-order valence-corrected chi connectivity index (χ2v) is 5.65. The number of esters is 1. The maximum atomic E-state index is 12.0. The molecule has 0 amide bonds. The maximum absolute atomic E-state index is 12.0. The van der Waals surface area contributed by atoms with Crippen molar-refractivity contribution in [3.63, 3.8) is 0 Å². The quantitative estimate of drug-likeness (QED) is 0.575. The molecule has 0 aliphatic rings. The van der Waals surface area contributed by atoms with E-state index in [4.69, 9.17) is 21.1 Å². The molecule has 0 N–H and O–H groups in total. The van der Waals surface area contributed by atoms with E-state index in [2.05, 4.69) is 15.9 Å². The molecule has 6 heteroatoms. The van der Waals surface area contributed by atoms with Crippen molar-refractivity contribution in [2.75, 3.05) is 13.7 Å². The van der Waals surface area contributed by atoms with Gasteiger partial charge in [0.15, 0.2) is 12.4 Å². The molecule has 0 bridgehead atoms. The number of ether oxygens (including phenoxy) is 2. The van der Waals surface area contributed by atoms with Crippen LogP contribution in [0.1, 0.15) is 20.7 Å². The van der Waals surface area contributed by atoms with E-state index in [1.54, 1.807) is 42.5 Å². The molecule has 114 valence electrons. The second-order valence-electron chi connectivity index (χ2n) is 4.36. The number of hydrogen-bond acceptors (Lipinski definition) is 4. The van der Waals surface area contributed by atoms with Crippen molar-refractivity contribution >= 4 is 39.3 Å². The Morgan fingerprint density at radius 3 is 2.32 bits per heavy atom. The van der Waals surface area contributed by atoms with Crippen LogP contribution < -0.4 is 4.74 Å². The lowest BCUT2D eigenvalue weighted by atomic mass is 10.1. The Kier molecular flexibility index (Phi) is 5.57. The van der Waals surface area contributed by atoms with Crippen LogP contribution in [0.3, 0.4) is 0 Å². The summed E-state index contributed by atoms with van der Waals surface area (Å²) in [6.07, 6.45) is 0. The topological polar surface area (TPSA) is 52.6 Å². The van der Waals surface area contributed by atoms with Crippen molar-refractivity contribution in [3.8, 4) is 5.75 Å². The summed E-state index contributed by atoms with van der Waals surface area (Å²) < 4.78 is 10.8. The fourth-order valence-electron chi connectivity index (χ4n) is 1.72. The number of halogens is 2. The van der Waals surface area contributed by atoms with Gasteiger partial charge < -0.3 is 9.47 Å². The largest absolute Gasteiger partial charge is 0.496 e. The van der Waals surface area contributed by atoms with Crippen LogP contribution in [0.5, 0.6) is 5.75 Å². The second kappa shape index (κ2) is 7.42. The van der Waals surface area contributed by atoms with Gasteiger partial charge in [0.25, 0.3) is 0 Å². The van der Waals surface area contributed by atoms with Crippen LogP contribution in [0.25, 0.3) is 0 Å². The normalized spacial score (nSPS) is 10.1. The van der Waals surface area contributed by atoms with Crippen LogP contribution in [-0.2, 0) is 4.74 Å². The minimum Gasteiger partial charge on any atom is -0.496 e. The van der Waals surface area contributed by atoms with E-state index < -0.39 is 5.97 Å². The molecule has 2 rings (SSSR count). The Balaban J connectivity index is 1.99. The molecule has 0 aromatic heterocycles. The van der Waals surface area contributed by atoms with Crippen molar-refractivity contribution in [1.29, 1.82) is 0 Å². The summed E-state index contributed by atoms with van der Waals surface area (Å²) in [6.45, 7) is -0.333. The van der Waals surface area contributed by atoms with Gasteiger partial charge in [-0.15, -0.1) is 0 Å². The van der Waals surface area contributed by atoms with Crippen LogP contribution >= 0.6 is 27.5 Å². The zero-order chi connectivity index (χ0) is 16.1. The SMILES string of the molecule is COc1ccc(C(=O)COC(=O)c2ccc(Cl)cc2)cc1Br. The Morgan fingerprint density at radius 2 is 1.73 bits per heavy atom. The van der Waals surface area contributed by atoms with E-state index in [1.165, 1.54) is 7.11 Å². The van der Waals surface area contributed by atoms with Gasteiger partial charge in [-0.05, 0) is 58.4 Å². The first-order chi connectivity index (χ1) is 10.5. The third-order valence-electron chi connectivity index (χ3n) is 2.89. The number of benzene rings is 2. The van der Waals surface area contributed by atoms with Gasteiger partial charge >= 0.3 is 5.97 Å². The van der Waals surface area contributed by atoms with Crippen molar-refractivity contribution in [2.45, 2.75) is 0 Å². The van der Waals surface area contributed by atoms with Gasteiger partial charge in [0.05, 0.1) is 17.1 Å². The van der Waals surface area contributed by atoms with E-state index in [0.29, 0.717) is 26.4 Å². The van der Waals surface area contributed by atoms with Crippen molar-refractivity contribution < 1.29 is 19.1 Å². The molecule has 0 saturated carbocycles. The van der Waals surface area contributed by atoms with Gasteiger partial charge in [0, 0.05) is 10.6 Å². The molecule has 2 aromatic carbocycles. The van der Waals surface area contributed by atoms with Crippen LogP contribution in [0, 0.1) is 0 Å². The summed E-state index contributed by atoms with van der Waals surface area (Å²) in [4.78, 5) is 23.8. The van der Waals surface area contributed by atoms with Crippen molar-refractivity contribution in [2.24, 2.45) is 0 Å². The van der Waals surface area contributed by atoms with Gasteiger partial charge in [-0.1, -0.05) is 11.6 Å². The van der Waals surface area contributed by atoms with E-state index >= 15 is 0 Å². The van der Waals surface area contributed by atoms with Gasteiger partial charge in [-0.25, -0.2) is 4.79 Å². The number of ketones is 1. The molecular weight excluding hydrogens is 372 g/mol. The van der Waals surface area contributed by atoms with Gasteiger partial charge in [0.2, 0.25) is 0 Å². The first-order valence-electron chi connectivity index (χ1n) is 6.30. The predicted octanol–water partition coefficient (Wildman–Crippen LogP) is 4.15. The zero-order valence-corrected chi connectivity index (χ0v) is 14.0. The highest BCUT2D eigenvalue weighted by molar-refractivity contribution is 9.10. The average Bonchev–Trinajstić information content (AvgIpc) is 2.52. The standard InChI is InChI=1S/C16H12BrClO4/c1-21-15-7-4-11(8-13(15)17)14(19)9-22-16(20)10-2-5-12(18)6-3-10/h2-8H,9H2,1H3. The summed E-state index contributed by atoms with van der Waals surface area (Å²) in [6, 6.07) is 11.1. The van der Waals surface area contributed by atoms with Gasteiger partial charge in [-0.3, -0.25) is 4.79 Å². The van der Waals surface area contributed by atoms with Crippen molar-refractivity contribution in [3.05, 3.63) is 63.1 Å². The first-order valence-corrected chi connectivity index (χ1v) is 7.48. The Labute approximate surface area is 141 Å². The minimum atomic E-state index is -0.572. The Hall–Kier alpha value is -1.85. The summed E-state index contributed by atoms with van der Waals surface area (Å²) in [5.74, 6) is -0.252. The molecule has 0 heterocycles. The highest BCUT2D eigenvalue weighted by atomic mass is 79.9. The van der Waals surface area contributed by atoms with E-state index in [0.717, 1.165) is 0 Å². The molecule has 0 spiro atoms. The van der Waals surface area contributed by atoms with Gasteiger partial charge in [0.1, 0.15) is 5.75 Å². The van der Waals surface area contributed by atoms with Crippen LogP contribution in [-0.4, -0.2) is 25.5 Å². The molecule has 0 aliphatic heterocycles. The number of Topliss-reactive ketones (excluding diaryl/α,β-unsaturated/α-hetero) is 1. The fraction of sp³-hybridized carbons (Fsp3) is 0.125. The number of carbonyl (C=O) groups is 2. The van der Waals surface area contributed by atoms with Crippen LogP contribution in [0.4, 0.5) is 0 Å². The third-order valence-corrected chi connectivity index (χ3v) is 3.76. The van der Waals surface area contributed by atoms with Crippen molar-refractivity contribution in [1.82, 2.24) is 0 Å². The molecule has 4 nitrogen and oxygen atoms in total. The number of hydrogen-bond donors (Lipinski definition) is 0. The van der Waals surface area contributed by atoms with Gasteiger partial charge in [-0.2, -0.15) is 0 Å². The smallest absolute Gasteiger partial charge is 0.338 e. The molecule has 0 aliphatic carbocycles. The van der Waals surface area contributed by atoms with E-state index in [9.17, 15) is 9.59 Å². The number of carbonyl (C=O) groups excluding carboxylic acids is 2. The monoisotopic (exact) mass is 382 g/mol. The fourth-order valence-corrected chi connectivity index (χ4v) is 2.39. The van der Waals surface area contributed by atoms with Crippen LogP contribution in [0.15, 0.2) is 46.9 Å². The van der Waals surface area contributed by atoms with Crippen LogP contribution in [0.2, 0.25) is 5.02 Å². The highest BCUT2D eigenvalue weighted by Gasteiger charge is 2.13. The summed E-state index contributed by atoms with van der Waals surface area (Å²) in [5, 5.41) is 0.524. The first kappa shape index (κ1) is 16.5. The third kappa shape index (κ3) is 4.08. The molecule has 0 atom stereocenters. The summed E-state index contributed by atoms with van der Waals surface area (Å²) in [7, 11) is 1.54.